The van der Waals surface area contributed by atoms with Crippen molar-refractivity contribution in [2.75, 3.05) is 9.80 Å². The zero-order valence-corrected chi connectivity index (χ0v) is 48.6. The van der Waals surface area contributed by atoms with Crippen molar-refractivity contribution in [3.8, 4) is 11.1 Å². The quantitative estimate of drug-likeness (QED) is 0.101. The molecule has 0 aliphatic heterocycles. The number of anilines is 6. The minimum atomic E-state index is -2.86. The van der Waals surface area contributed by atoms with Gasteiger partial charge in [-0.2, -0.15) is 0 Å². The highest BCUT2D eigenvalue weighted by molar-refractivity contribution is 7.20. The van der Waals surface area contributed by atoms with E-state index >= 15 is 0 Å². The van der Waals surface area contributed by atoms with Crippen LogP contribution in [0.5, 0.6) is 0 Å². The van der Waals surface area contributed by atoms with E-state index in [4.69, 9.17) is 8.83 Å². The Balaban J connectivity index is 0.867. The van der Waals surface area contributed by atoms with E-state index in [0.29, 0.717) is 0 Å². The third-order valence-electron chi connectivity index (χ3n) is 18.5. The molecule has 86 heavy (non-hydrogen) atoms. The van der Waals surface area contributed by atoms with Crippen molar-refractivity contribution in [2.24, 2.45) is 0 Å². The fourth-order valence-corrected chi connectivity index (χ4v) is 19.3. The predicted molar refractivity (Wildman–Crippen MR) is 364 cm³/mol. The van der Waals surface area contributed by atoms with Crippen molar-refractivity contribution in [3.05, 3.63) is 314 Å². The Labute approximate surface area is 499 Å². The molecule has 2 aromatic heterocycles. The van der Waals surface area contributed by atoms with Crippen molar-refractivity contribution in [1.82, 2.24) is 0 Å². The van der Waals surface area contributed by atoms with E-state index in [-0.39, 0.29) is 0 Å². The van der Waals surface area contributed by atoms with Gasteiger partial charge in [0.1, 0.15) is 11.2 Å². The van der Waals surface area contributed by atoms with Crippen LogP contribution >= 0.6 is 0 Å². The van der Waals surface area contributed by atoms with Gasteiger partial charge in [-0.25, -0.2) is 0 Å². The van der Waals surface area contributed by atoms with Crippen molar-refractivity contribution < 1.29 is 8.83 Å². The molecule has 4 nitrogen and oxygen atoms in total. The molecular formula is C81H56N2O2Si. The Morgan fingerprint density at radius 1 is 0.291 bits per heavy atom. The zero-order chi connectivity index (χ0) is 57.1. The summed E-state index contributed by atoms with van der Waals surface area (Å²) in [5.74, 6) is 0. The molecule has 0 fully saturated rings. The van der Waals surface area contributed by atoms with Crippen LogP contribution in [0, 0.1) is 0 Å². The van der Waals surface area contributed by atoms with Gasteiger partial charge in [0.15, 0.2) is 19.2 Å². The number of nitrogens with zero attached hydrogens (tertiary/aromatic N) is 2. The van der Waals surface area contributed by atoms with Gasteiger partial charge >= 0.3 is 0 Å². The van der Waals surface area contributed by atoms with E-state index in [0.717, 1.165) is 83.4 Å². The van der Waals surface area contributed by atoms with Gasteiger partial charge in [0, 0.05) is 49.4 Å². The van der Waals surface area contributed by atoms with Crippen molar-refractivity contribution in [1.29, 1.82) is 0 Å². The molecule has 0 atom stereocenters. The minimum absolute atomic E-state index is 0.427. The standard InChI is InChI=1S/C81H56N2O2Si/c1-81(2)71-50-59(82(57-42-40-53-22-12-14-24-55(53)48-57)73-37-20-35-67-65-33-18-19-39-76(65)84-79(67)73)44-46-69(71)78-66-34-17-16-32-64(66)75(52-72(78)81)83(58-43-41-54-23-13-15-25-56(54)49-58)74-38-21-36-68-70-51-63(45-47-77(70)85-80(68)74)86(60-26-6-3-7-27-60,61-28-8-4-9-29-61)62-30-10-5-11-31-62/h3-52H,1-2H3. The molecule has 16 aromatic rings. The lowest BCUT2D eigenvalue weighted by molar-refractivity contribution is 0.660. The van der Waals surface area contributed by atoms with Crippen LogP contribution < -0.4 is 30.5 Å². The number of hydrogen-bond acceptors (Lipinski definition) is 4. The fourth-order valence-electron chi connectivity index (χ4n) is 14.5. The van der Waals surface area contributed by atoms with Crippen LogP contribution in [0.3, 0.4) is 0 Å². The van der Waals surface area contributed by atoms with Crippen molar-refractivity contribution >= 4 is 139 Å². The average Bonchev–Trinajstić information content (AvgIpc) is 1.90. The lowest BCUT2D eigenvalue weighted by Crippen LogP contribution is -2.74. The molecule has 0 unspecified atom stereocenters. The van der Waals surface area contributed by atoms with E-state index in [1.807, 2.05) is 6.07 Å². The summed E-state index contributed by atoms with van der Waals surface area (Å²) in [4.78, 5) is 4.86. The van der Waals surface area contributed by atoms with E-state index in [1.54, 1.807) is 0 Å². The number of para-hydroxylation sites is 3. The topological polar surface area (TPSA) is 32.8 Å². The highest BCUT2D eigenvalue weighted by atomic mass is 28.3. The molecule has 2 heterocycles. The summed E-state index contributed by atoms with van der Waals surface area (Å²) in [6.45, 7) is 4.81. The number of fused-ring (bicyclic) bond motifs is 13. The molecule has 0 saturated heterocycles. The second-order valence-corrected chi connectivity index (χ2v) is 27.3. The molecule has 1 aliphatic rings. The van der Waals surface area contributed by atoms with Crippen LogP contribution in [-0.4, -0.2) is 8.07 Å². The fraction of sp³-hybridized carbons (Fsp3) is 0.0370. The number of rotatable bonds is 10. The summed E-state index contributed by atoms with van der Waals surface area (Å²) >= 11 is 0. The first-order valence-electron chi connectivity index (χ1n) is 29.7. The molecule has 17 rings (SSSR count). The summed E-state index contributed by atoms with van der Waals surface area (Å²) in [7, 11) is -2.86. The van der Waals surface area contributed by atoms with Crippen LogP contribution in [0.4, 0.5) is 34.1 Å². The first-order chi connectivity index (χ1) is 42.4. The molecule has 0 radical (unpaired) electrons. The Hall–Kier alpha value is -10.7. The molecular weight excluding hydrogens is 1060 g/mol. The van der Waals surface area contributed by atoms with E-state index in [9.17, 15) is 0 Å². The Kier molecular flexibility index (Phi) is 11.3. The van der Waals surface area contributed by atoms with Gasteiger partial charge in [-0.05, 0) is 137 Å². The van der Waals surface area contributed by atoms with Crippen molar-refractivity contribution in [2.45, 2.75) is 19.3 Å². The summed E-state index contributed by atoms with van der Waals surface area (Å²) in [5, 5.41) is 16.8. The lowest BCUT2D eigenvalue weighted by atomic mass is 9.81. The maximum Gasteiger partial charge on any atom is 0.179 e. The van der Waals surface area contributed by atoms with Crippen molar-refractivity contribution in [3.63, 3.8) is 0 Å². The number of benzene rings is 14. The third kappa shape index (κ3) is 7.54. The monoisotopic (exact) mass is 1120 g/mol. The molecule has 0 spiro atoms. The first kappa shape index (κ1) is 49.8. The van der Waals surface area contributed by atoms with E-state index < -0.39 is 13.5 Å². The molecule has 0 N–H and O–H groups in total. The summed E-state index contributed by atoms with van der Waals surface area (Å²) in [6.07, 6.45) is 0. The second-order valence-electron chi connectivity index (χ2n) is 23.5. The lowest BCUT2D eigenvalue weighted by Gasteiger charge is -2.34. The third-order valence-corrected chi connectivity index (χ3v) is 23.3. The Bertz CT molecular complexity index is 5260. The average molecular weight is 1120 g/mol. The maximum absolute atomic E-state index is 7.31. The second kappa shape index (κ2) is 19.4. The van der Waals surface area contributed by atoms with Crippen LogP contribution in [0.1, 0.15) is 25.0 Å². The zero-order valence-electron chi connectivity index (χ0n) is 47.6. The summed E-state index contributed by atoms with van der Waals surface area (Å²) in [5.41, 5.74) is 14.3. The van der Waals surface area contributed by atoms with E-state index in [2.05, 4.69) is 321 Å². The molecule has 0 amide bonds. The Morgan fingerprint density at radius 2 is 0.756 bits per heavy atom. The smallest absolute Gasteiger partial charge is 0.179 e. The predicted octanol–water partition coefficient (Wildman–Crippen LogP) is 19.6. The van der Waals surface area contributed by atoms with Crippen LogP contribution in [0.2, 0.25) is 0 Å². The van der Waals surface area contributed by atoms with Crippen LogP contribution in [-0.2, 0) is 5.41 Å². The molecule has 0 saturated carbocycles. The molecule has 406 valence electrons. The Morgan fingerprint density at radius 3 is 1.37 bits per heavy atom. The largest absolute Gasteiger partial charge is 0.454 e. The van der Waals surface area contributed by atoms with Crippen LogP contribution in [0.15, 0.2) is 312 Å². The van der Waals surface area contributed by atoms with E-state index in [1.165, 1.54) is 69.9 Å². The SMILES string of the molecule is CC1(C)c2cc(N(c3ccc4ccccc4c3)c3cccc4c3oc3ccccc34)ccc2-c2c1cc(N(c1ccc3ccccc3c1)c1cccc3c1oc1ccc([Si](c4ccccc4)(c4ccccc4)c4ccccc4)cc13)c1ccccc21. The minimum Gasteiger partial charge on any atom is -0.454 e. The maximum atomic E-state index is 7.31. The molecule has 1 aliphatic carbocycles. The van der Waals surface area contributed by atoms with Crippen LogP contribution in [0.25, 0.3) is 87.3 Å². The first-order valence-corrected chi connectivity index (χ1v) is 31.7. The molecule has 14 aromatic carbocycles. The van der Waals surface area contributed by atoms with Gasteiger partial charge in [-0.1, -0.05) is 250 Å². The molecule has 5 heteroatoms. The van der Waals surface area contributed by atoms with Gasteiger partial charge in [0.05, 0.1) is 17.1 Å². The van der Waals surface area contributed by atoms with Gasteiger partial charge < -0.3 is 18.6 Å². The molecule has 0 bridgehead atoms. The summed E-state index contributed by atoms with van der Waals surface area (Å²) < 4.78 is 14.1. The highest BCUT2D eigenvalue weighted by Crippen LogP contribution is 2.57. The normalized spacial score (nSPS) is 12.9. The number of furan rings is 2. The van der Waals surface area contributed by atoms with Gasteiger partial charge in [-0.15, -0.1) is 0 Å². The van der Waals surface area contributed by atoms with Gasteiger partial charge in [-0.3, -0.25) is 0 Å². The van der Waals surface area contributed by atoms with Gasteiger partial charge in [0.25, 0.3) is 0 Å². The van der Waals surface area contributed by atoms with Gasteiger partial charge in [0.2, 0.25) is 0 Å². The number of hydrogen-bond donors (Lipinski definition) is 0. The highest BCUT2D eigenvalue weighted by Gasteiger charge is 2.42. The summed E-state index contributed by atoms with van der Waals surface area (Å²) in [6, 6.07) is 112.